The minimum atomic E-state index is -0.751. The molecule has 1 saturated heterocycles. The Morgan fingerprint density at radius 1 is 1.04 bits per heavy atom. The minimum Gasteiger partial charge on any atom is -0.481 e. The van der Waals surface area contributed by atoms with Crippen LogP contribution in [0.5, 0.6) is 0 Å². The standard InChI is InChI=1S/C24H34O3/c1-3-5-13-16-21(4-2)17-14-11-9-7-6-8-10-12-15-18-22-23(27-22)19-20-24(25)26/h4-6,8-9,11-15,17,21-23H,2-3,7,10,16,18-20H2,1H3,(H,25,26). The molecule has 148 valence electrons. The SMILES string of the molecule is C=CC(C=CC=CCC=CCC=CCC1OC1CCC(=O)O)CC=CCC. The summed E-state index contributed by atoms with van der Waals surface area (Å²) in [6.45, 7) is 6.02. The number of allylic oxidation sites excluding steroid dienone is 10. The molecule has 1 aliphatic rings. The smallest absolute Gasteiger partial charge is 0.303 e. The molecule has 1 heterocycles. The van der Waals surface area contributed by atoms with Crippen molar-refractivity contribution in [3.05, 3.63) is 73.4 Å². The number of hydrogen-bond acceptors (Lipinski definition) is 2. The Morgan fingerprint density at radius 3 is 2.48 bits per heavy atom. The highest BCUT2D eigenvalue weighted by atomic mass is 16.6. The van der Waals surface area contributed by atoms with Crippen molar-refractivity contribution >= 4 is 5.97 Å². The van der Waals surface area contributed by atoms with Crippen LogP contribution in [0.2, 0.25) is 0 Å². The predicted octanol–water partition coefficient (Wildman–Crippen LogP) is 6.17. The van der Waals surface area contributed by atoms with Gasteiger partial charge in [0.25, 0.3) is 0 Å². The Balaban J connectivity index is 2.06. The zero-order valence-corrected chi connectivity index (χ0v) is 16.5. The largest absolute Gasteiger partial charge is 0.481 e. The molecule has 3 atom stereocenters. The van der Waals surface area contributed by atoms with E-state index in [1.807, 2.05) is 6.08 Å². The van der Waals surface area contributed by atoms with E-state index in [4.69, 9.17) is 9.84 Å². The summed E-state index contributed by atoms with van der Waals surface area (Å²) >= 11 is 0. The number of hydrogen-bond donors (Lipinski definition) is 1. The summed E-state index contributed by atoms with van der Waals surface area (Å²) < 4.78 is 5.44. The fourth-order valence-electron chi connectivity index (χ4n) is 2.62. The zero-order chi connectivity index (χ0) is 19.7. The minimum absolute atomic E-state index is 0.142. The van der Waals surface area contributed by atoms with E-state index in [0.717, 1.165) is 32.1 Å². The summed E-state index contributed by atoms with van der Waals surface area (Å²) in [5, 5.41) is 8.62. The summed E-state index contributed by atoms with van der Waals surface area (Å²) in [5.74, 6) is -0.351. The maximum Gasteiger partial charge on any atom is 0.303 e. The van der Waals surface area contributed by atoms with E-state index in [0.29, 0.717) is 12.3 Å². The van der Waals surface area contributed by atoms with Gasteiger partial charge >= 0.3 is 5.97 Å². The van der Waals surface area contributed by atoms with Gasteiger partial charge in [0.1, 0.15) is 0 Å². The van der Waals surface area contributed by atoms with Gasteiger partial charge in [-0.25, -0.2) is 0 Å². The Bertz CT molecular complexity index is 566. The van der Waals surface area contributed by atoms with Gasteiger partial charge in [0, 0.05) is 6.42 Å². The highest BCUT2D eigenvalue weighted by Gasteiger charge is 2.37. The van der Waals surface area contributed by atoms with E-state index in [2.05, 4.69) is 74.3 Å². The van der Waals surface area contributed by atoms with Gasteiger partial charge in [-0.15, -0.1) is 6.58 Å². The normalized spacial score (nSPS) is 21.2. The average molecular weight is 371 g/mol. The quantitative estimate of drug-likeness (QED) is 0.213. The summed E-state index contributed by atoms with van der Waals surface area (Å²) in [6.07, 6.45) is 29.4. The lowest BCUT2D eigenvalue weighted by Gasteiger charge is -2.01. The van der Waals surface area contributed by atoms with E-state index >= 15 is 0 Å². The Hall–Kier alpha value is -2.13. The number of carbonyl (C=O) groups is 1. The lowest BCUT2D eigenvalue weighted by molar-refractivity contribution is -0.137. The van der Waals surface area contributed by atoms with Crippen molar-refractivity contribution in [1.29, 1.82) is 0 Å². The van der Waals surface area contributed by atoms with E-state index in [1.165, 1.54) is 0 Å². The highest BCUT2D eigenvalue weighted by Crippen LogP contribution is 2.29. The van der Waals surface area contributed by atoms with Crippen molar-refractivity contribution in [3.63, 3.8) is 0 Å². The molecule has 0 amide bonds. The molecule has 3 heteroatoms. The first-order valence-electron chi connectivity index (χ1n) is 9.95. The van der Waals surface area contributed by atoms with Crippen LogP contribution in [0.3, 0.4) is 0 Å². The Kier molecular flexibility index (Phi) is 12.7. The lowest BCUT2D eigenvalue weighted by atomic mass is 10.0. The Labute approximate surface area is 164 Å². The third kappa shape index (κ3) is 12.8. The van der Waals surface area contributed by atoms with E-state index in [1.54, 1.807) is 0 Å². The molecule has 0 radical (unpaired) electrons. The molecule has 0 aliphatic carbocycles. The van der Waals surface area contributed by atoms with Crippen molar-refractivity contribution in [3.8, 4) is 0 Å². The molecule has 3 nitrogen and oxygen atoms in total. The molecule has 0 aromatic rings. The number of rotatable bonds is 15. The Morgan fingerprint density at radius 2 is 1.78 bits per heavy atom. The third-order valence-corrected chi connectivity index (χ3v) is 4.30. The monoisotopic (exact) mass is 370 g/mol. The van der Waals surface area contributed by atoms with Crippen LogP contribution in [-0.2, 0) is 9.53 Å². The fraction of sp³-hybridized carbons (Fsp3) is 0.458. The van der Waals surface area contributed by atoms with Gasteiger partial charge in [0.15, 0.2) is 0 Å². The van der Waals surface area contributed by atoms with Crippen LogP contribution in [0, 0.1) is 5.92 Å². The third-order valence-electron chi connectivity index (χ3n) is 4.30. The fourth-order valence-corrected chi connectivity index (χ4v) is 2.62. The summed E-state index contributed by atoms with van der Waals surface area (Å²) in [6, 6.07) is 0. The number of carboxylic acids is 1. The maximum atomic E-state index is 10.5. The van der Waals surface area contributed by atoms with Crippen molar-refractivity contribution in [1.82, 2.24) is 0 Å². The molecule has 1 N–H and O–H groups in total. The van der Waals surface area contributed by atoms with Crippen LogP contribution in [0.4, 0.5) is 0 Å². The summed E-state index contributed by atoms with van der Waals surface area (Å²) in [5.41, 5.74) is 0. The number of aliphatic carboxylic acids is 1. The van der Waals surface area contributed by atoms with Gasteiger partial charge in [-0.1, -0.05) is 73.8 Å². The van der Waals surface area contributed by atoms with Gasteiger partial charge in [0.2, 0.25) is 0 Å². The van der Waals surface area contributed by atoms with Crippen LogP contribution >= 0.6 is 0 Å². The van der Waals surface area contributed by atoms with Crippen LogP contribution in [0.25, 0.3) is 0 Å². The summed E-state index contributed by atoms with van der Waals surface area (Å²) in [4.78, 5) is 10.5. The molecule has 0 aromatic heterocycles. The van der Waals surface area contributed by atoms with Gasteiger partial charge in [-0.05, 0) is 44.4 Å². The van der Waals surface area contributed by atoms with Crippen LogP contribution in [-0.4, -0.2) is 23.3 Å². The van der Waals surface area contributed by atoms with Crippen LogP contribution < -0.4 is 0 Å². The van der Waals surface area contributed by atoms with Crippen molar-refractivity contribution in [2.75, 3.05) is 0 Å². The molecule has 27 heavy (non-hydrogen) atoms. The first-order valence-corrected chi connectivity index (χ1v) is 9.95. The number of ether oxygens (including phenoxy) is 1. The number of epoxide rings is 1. The predicted molar refractivity (Wildman–Crippen MR) is 114 cm³/mol. The van der Waals surface area contributed by atoms with Crippen LogP contribution in [0.1, 0.15) is 51.9 Å². The van der Waals surface area contributed by atoms with Gasteiger partial charge < -0.3 is 9.84 Å². The maximum absolute atomic E-state index is 10.5. The van der Waals surface area contributed by atoms with Gasteiger partial charge in [-0.3, -0.25) is 4.79 Å². The van der Waals surface area contributed by atoms with Crippen molar-refractivity contribution in [2.45, 2.75) is 64.1 Å². The molecule has 0 saturated carbocycles. The van der Waals surface area contributed by atoms with Gasteiger partial charge in [-0.2, -0.15) is 0 Å². The molecule has 0 spiro atoms. The molecule has 3 unspecified atom stereocenters. The second kappa shape index (κ2) is 15.0. The van der Waals surface area contributed by atoms with Crippen LogP contribution in [0.15, 0.2) is 73.4 Å². The molecule has 1 fully saturated rings. The first-order chi connectivity index (χ1) is 13.2. The molecule has 0 bridgehead atoms. The topological polar surface area (TPSA) is 49.8 Å². The summed E-state index contributed by atoms with van der Waals surface area (Å²) in [7, 11) is 0. The van der Waals surface area contributed by atoms with E-state index in [-0.39, 0.29) is 18.6 Å². The second-order valence-corrected chi connectivity index (χ2v) is 6.62. The highest BCUT2D eigenvalue weighted by molar-refractivity contribution is 5.66. The average Bonchev–Trinajstić information content (AvgIpc) is 3.41. The molecule has 1 rings (SSSR count). The molecule has 1 aliphatic heterocycles. The number of carboxylic acid groups (broad SMARTS) is 1. The van der Waals surface area contributed by atoms with Crippen molar-refractivity contribution < 1.29 is 14.6 Å². The second-order valence-electron chi connectivity index (χ2n) is 6.62. The molecular formula is C24H34O3. The van der Waals surface area contributed by atoms with E-state index < -0.39 is 5.97 Å². The molecule has 0 aromatic carbocycles. The van der Waals surface area contributed by atoms with Gasteiger partial charge in [0.05, 0.1) is 12.2 Å². The first kappa shape index (κ1) is 22.9. The van der Waals surface area contributed by atoms with E-state index in [9.17, 15) is 4.79 Å². The molecular weight excluding hydrogens is 336 g/mol. The lowest BCUT2D eigenvalue weighted by Crippen LogP contribution is -1.99. The zero-order valence-electron chi connectivity index (χ0n) is 16.5. The van der Waals surface area contributed by atoms with Crippen molar-refractivity contribution in [2.24, 2.45) is 5.92 Å².